The molecular formula is C16H18N4O3S. The molecule has 0 radical (unpaired) electrons. The van der Waals surface area contributed by atoms with Crippen molar-refractivity contribution < 1.29 is 14.3 Å². The first-order valence-electron chi connectivity index (χ1n) is 7.41. The molecule has 0 saturated carbocycles. The Bertz CT molecular complexity index is 968. The Morgan fingerprint density at radius 3 is 2.62 bits per heavy atom. The van der Waals surface area contributed by atoms with Crippen LogP contribution in [0.25, 0.3) is 10.2 Å². The molecule has 0 aliphatic rings. The SMILES string of the molecule is CCn1ccc(C(=O)N=c2sc3cc(OC)c(OC)cc3n2C)n1. The van der Waals surface area contributed by atoms with E-state index in [4.69, 9.17) is 9.47 Å². The summed E-state index contributed by atoms with van der Waals surface area (Å²) in [5.74, 6) is 0.924. The first-order valence-corrected chi connectivity index (χ1v) is 8.23. The molecule has 24 heavy (non-hydrogen) atoms. The van der Waals surface area contributed by atoms with Crippen molar-refractivity contribution >= 4 is 27.5 Å². The van der Waals surface area contributed by atoms with Gasteiger partial charge in [0, 0.05) is 31.9 Å². The fourth-order valence-electron chi connectivity index (χ4n) is 2.36. The van der Waals surface area contributed by atoms with Gasteiger partial charge in [0.05, 0.1) is 24.4 Å². The molecule has 0 spiro atoms. The number of fused-ring (bicyclic) bond motifs is 1. The number of aryl methyl sites for hydroxylation is 2. The lowest BCUT2D eigenvalue weighted by molar-refractivity contribution is 0.0992. The minimum atomic E-state index is -0.358. The number of aromatic nitrogens is 3. The topological polar surface area (TPSA) is 70.6 Å². The number of benzene rings is 1. The third kappa shape index (κ3) is 2.80. The largest absolute Gasteiger partial charge is 0.493 e. The predicted molar refractivity (Wildman–Crippen MR) is 91.7 cm³/mol. The monoisotopic (exact) mass is 346 g/mol. The number of hydrogen-bond donors (Lipinski definition) is 0. The van der Waals surface area contributed by atoms with Gasteiger partial charge >= 0.3 is 0 Å². The van der Waals surface area contributed by atoms with Crippen molar-refractivity contribution in [3.63, 3.8) is 0 Å². The molecule has 1 aromatic carbocycles. The van der Waals surface area contributed by atoms with Gasteiger partial charge in [0.25, 0.3) is 5.91 Å². The quantitative estimate of drug-likeness (QED) is 0.726. The van der Waals surface area contributed by atoms with E-state index in [0.717, 1.165) is 10.2 Å². The molecule has 0 aliphatic carbocycles. The molecule has 0 N–H and O–H groups in total. The van der Waals surface area contributed by atoms with Crippen LogP contribution in [-0.4, -0.2) is 34.5 Å². The van der Waals surface area contributed by atoms with Crippen LogP contribution in [0.3, 0.4) is 0 Å². The smallest absolute Gasteiger partial charge is 0.300 e. The number of carbonyl (C=O) groups excluding carboxylic acids is 1. The number of methoxy groups -OCH3 is 2. The van der Waals surface area contributed by atoms with E-state index in [-0.39, 0.29) is 5.91 Å². The zero-order valence-corrected chi connectivity index (χ0v) is 14.8. The van der Waals surface area contributed by atoms with Gasteiger partial charge in [0.1, 0.15) is 0 Å². The van der Waals surface area contributed by atoms with Gasteiger partial charge in [-0.1, -0.05) is 11.3 Å². The molecule has 0 fully saturated rings. The van der Waals surface area contributed by atoms with Crippen molar-refractivity contribution in [2.75, 3.05) is 14.2 Å². The van der Waals surface area contributed by atoms with Gasteiger partial charge in [0.2, 0.25) is 0 Å². The fourth-order valence-corrected chi connectivity index (χ4v) is 3.38. The van der Waals surface area contributed by atoms with Crippen LogP contribution >= 0.6 is 11.3 Å². The van der Waals surface area contributed by atoms with E-state index in [1.54, 1.807) is 31.2 Å². The highest BCUT2D eigenvalue weighted by Gasteiger charge is 2.13. The zero-order valence-electron chi connectivity index (χ0n) is 13.9. The van der Waals surface area contributed by atoms with Crippen LogP contribution < -0.4 is 14.3 Å². The maximum atomic E-state index is 12.3. The molecule has 126 valence electrons. The first-order chi connectivity index (χ1) is 11.6. The number of thiazole rings is 1. The number of carbonyl (C=O) groups is 1. The Morgan fingerprint density at radius 2 is 2.00 bits per heavy atom. The van der Waals surface area contributed by atoms with Crippen molar-refractivity contribution in [1.82, 2.24) is 14.3 Å². The molecule has 0 bridgehead atoms. The van der Waals surface area contributed by atoms with E-state index in [2.05, 4.69) is 10.1 Å². The number of nitrogens with zero attached hydrogens (tertiary/aromatic N) is 4. The number of ether oxygens (including phenoxy) is 2. The standard InChI is InChI=1S/C16H18N4O3S/c1-5-20-7-6-10(18-20)15(21)17-16-19(2)11-8-12(22-3)13(23-4)9-14(11)24-16/h6-9H,5H2,1-4H3. The summed E-state index contributed by atoms with van der Waals surface area (Å²) in [6, 6.07) is 5.43. The second-order valence-electron chi connectivity index (χ2n) is 5.09. The molecule has 3 rings (SSSR count). The van der Waals surface area contributed by atoms with E-state index in [1.165, 1.54) is 11.3 Å². The second kappa shape index (κ2) is 6.48. The van der Waals surface area contributed by atoms with Crippen LogP contribution in [0.5, 0.6) is 11.5 Å². The number of hydrogen-bond acceptors (Lipinski definition) is 5. The molecule has 1 amide bonds. The molecule has 0 aliphatic heterocycles. The van der Waals surface area contributed by atoms with Crippen LogP contribution in [-0.2, 0) is 13.6 Å². The highest BCUT2D eigenvalue weighted by atomic mass is 32.1. The molecule has 2 aromatic heterocycles. The van der Waals surface area contributed by atoms with Crippen LogP contribution in [0.4, 0.5) is 0 Å². The maximum absolute atomic E-state index is 12.3. The van der Waals surface area contributed by atoms with E-state index in [0.29, 0.717) is 28.5 Å². The lowest BCUT2D eigenvalue weighted by Gasteiger charge is -2.07. The van der Waals surface area contributed by atoms with Crippen LogP contribution in [0.2, 0.25) is 0 Å². The van der Waals surface area contributed by atoms with Crippen molar-refractivity contribution in [3.05, 3.63) is 34.9 Å². The van der Waals surface area contributed by atoms with Gasteiger partial charge in [-0.05, 0) is 13.0 Å². The highest BCUT2D eigenvalue weighted by molar-refractivity contribution is 7.16. The van der Waals surface area contributed by atoms with E-state index in [9.17, 15) is 4.79 Å². The van der Waals surface area contributed by atoms with E-state index < -0.39 is 0 Å². The Balaban J connectivity index is 2.08. The third-order valence-corrected chi connectivity index (χ3v) is 4.79. The van der Waals surface area contributed by atoms with E-state index >= 15 is 0 Å². The van der Waals surface area contributed by atoms with Crippen molar-refractivity contribution in [3.8, 4) is 11.5 Å². The summed E-state index contributed by atoms with van der Waals surface area (Å²) in [4.78, 5) is 17.1. The lowest BCUT2D eigenvalue weighted by atomic mass is 10.3. The van der Waals surface area contributed by atoms with Gasteiger partial charge < -0.3 is 14.0 Å². The first kappa shape index (κ1) is 16.3. The summed E-state index contributed by atoms with van der Waals surface area (Å²) in [6.07, 6.45) is 1.77. The van der Waals surface area contributed by atoms with Crippen molar-refractivity contribution in [1.29, 1.82) is 0 Å². The Hall–Kier alpha value is -2.61. The maximum Gasteiger partial charge on any atom is 0.300 e. The molecular weight excluding hydrogens is 328 g/mol. The Labute approximate surface area is 142 Å². The van der Waals surface area contributed by atoms with Crippen LogP contribution in [0, 0.1) is 0 Å². The van der Waals surface area contributed by atoms with E-state index in [1.807, 2.05) is 30.7 Å². The van der Waals surface area contributed by atoms with Gasteiger partial charge in [-0.3, -0.25) is 9.48 Å². The van der Waals surface area contributed by atoms with Gasteiger partial charge in [-0.25, -0.2) is 0 Å². The molecule has 8 heteroatoms. The lowest BCUT2D eigenvalue weighted by Crippen LogP contribution is -2.13. The average Bonchev–Trinajstić information content (AvgIpc) is 3.19. The molecule has 7 nitrogen and oxygen atoms in total. The number of rotatable bonds is 4. The van der Waals surface area contributed by atoms with Crippen molar-refractivity contribution in [2.45, 2.75) is 13.5 Å². The molecule has 3 aromatic rings. The summed E-state index contributed by atoms with van der Waals surface area (Å²) in [6.45, 7) is 2.68. The number of amides is 1. The summed E-state index contributed by atoms with van der Waals surface area (Å²) in [5.41, 5.74) is 1.26. The summed E-state index contributed by atoms with van der Waals surface area (Å²) in [5, 5.41) is 4.19. The predicted octanol–water partition coefficient (Wildman–Crippen LogP) is 2.21. The summed E-state index contributed by atoms with van der Waals surface area (Å²) >= 11 is 1.41. The normalized spacial score (nSPS) is 11.9. The third-order valence-electron chi connectivity index (χ3n) is 3.70. The van der Waals surface area contributed by atoms with Gasteiger partial charge in [-0.15, -0.1) is 0 Å². The minimum Gasteiger partial charge on any atom is -0.493 e. The zero-order chi connectivity index (χ0) is 17.3. The molecule has 0 saturated heterocycles. The molecule has 0 atom stereocenters. The van der Waals surface area contributed by atoms with Gasteiger partial charge in [0.15, 0.2) is 22.0 Å². The second-order valence-corrected chi connectivity index (χ2v) is 6.10. The van der Waals surface area contributed by atoms with Crippen LogP contribution in [0.1, 0.15) is 17.4 Å². The Kier molecular flexibility index (Phi) is 4.39. The minimum absolute atomic E-state index is 0.337. The summed E-state index contributed by atoms with van der Waals surface area (Å²) < 4.78 is 15.2. The van der Waals surface area contributed by atoms with Crippen LogP contribution in [0.15, 0.2) is 29.4 Å². The Morgan fingerprint density at radius 1 is 1.29 bits per heavy atom. The fraction of sp³-hybridized carbons (Fsp3) is 0.312. The highest BCUT2D eigenvalue weighted by Crippen LogP contribution is 2.32. The van der Waals surface area contributed by atoms with Gasteiger partial charge in [-0.2, -0.15) is 10.1 Å². The average molecular weight is 346 g/mol. The molecule has 0 unspecified atom stereocenters. The van der Waals surface area contributed by atoms with Crippen molar-refractivity contribution in [2.24, 2.45) is 12.0 Å². The summed E-state index contributed by atoms with van der Waals surface area (Å²) in [7, 11) is 5.05. The molecule has 2 heterocycles.